The topological polar surface area (TPSA) is 92.8 Å². The van der Waals surface area contributed by atoms with Crippen molar-refractivity contribution in [2.75, 3.05) is 13.2 Å². The lowest BCUT2D eigenvalue weighted by Gasteiger charge is -2.34. The molecule has 0 bridgehead atoms. The molecule has 7 heteroatoms. The number of ether oxygens (including phenoxy) is 1. The molecule has 7 nitrogen and oxygen atoms in total. The van der Waals surface area contributed by atoms with Gasteiger partial charge in [0, 0.05) is 12.6 Å². The van der Waals surface area contributed by atoms with Gasteiger partial charge in [-0.1, -0.05) is 32.8 Å². The number of hydrogen-bond acceptors (Lipinski definition) is 5. The summed E-state index contributed by atoms with van der Waals surface area (Å²) >= 11 is 0. The molecule has 3 amide bonds. The number of esters is 1. The van der Waals surface area contributed by atoms with E-state index < -0.39 is 17.8 Å². The van der Waals surface area contributed by atoms with Crippen molar-refractivity contribution in [2.24, 2.45) is 11.8 Å². The second-order valence-electron chi connectivity index (χ2n) is 7.79. The molecule has 1 fully saturated rings. The van der Waals surface area contributed by atoms with Gasteiger partial charge >= 0.3 is 5.97 Å². The van der Waals surface area contributed by atoms with E-state index in [0.717, 1.165) is 24.2 Å². The van der Waals surface area contributed by atoms with Gasteiger partial charge in [0.15, 0.2) is 6.61 Å². The molecule has 29 heavy (non-hydrogen) atoms. The second-order valence-corrected chi connectivity index (χ2v) is 7.79. The molecule has 3 atom stereocenters. The van der Waals surface area contributed by atoms with Gasteiger partial charge in [0.2, 0.25) is 0 Å². The Hall–Kier alpha value is -2.96. The average Bonchev–Trinajstić information content (AvgIpc) is 2.94. The van der Waals surface area contributed by atoms with Crippen LogP contribution in [0.2, 0.25) is 0 Å². The number of amides is 3. The number of hydrogen-bond donors (Lipinski definition) is 1. The summed E-state index contributed by atoms with van der Waals surface area (Å²) in [4.78, 5) is 50.2. The lowest BCUT2D eigenvalue weighted by Crippen LogP contribution is -2.45. The molecule has 1 heterocycles. The van der Waals surface area contributed by atoms with Crippen molar-refractivity contribution in [3.8, 4) is 0 Å². The minimum absolute atomic E-state index is 0.0874. The summed E-state index contributed by atoms with van der Waals surface area (Å²) in [5, 5.41) is 2.95. The van der Waals surface area contributed by atoms with Crippen LogP contribution in [-0.4, -0.2) is 47.8 Å². The second kappa shape index (κ2) is 8.59. The zero-order chi connectivity index (χ0) is 21.1. The van der Waals surface area contributed by atoms with E-state index in [1.807, 2.05) is 0 Å². The Kier molecular flexibility index (Phi) is 6.15. The molecular weight excluding hydrogens is 372 g/mol. The first-order chi connectivity index (χ1) is 13.8. The van der Waals surface area contributed by atoms with E-state index in [1.54, 1.807) is 0 Å². The van der Waals surface area contributed by atoms with Crippen LogP contribution in [0.3, 0.4) is 0 Å². The van der Waals surface area contributed by atoms with Gasteiger partial charge in [0.25, 0.3) is 17.7 Å². The Bertz CT molecular complexity index is 863. The highest BCUT2D eigenvalue weighted by molar-refractivity contribution is 6.22. The van der Waals surface area contributed by atoms with Crippen LogP contribution in [0.15, 0.2) is 30.9 Å². The summed E-state index contributed by atoms with van der Waals surface area (Å²) in [5.41, 5.74) is 0.519. The zero-order valence-corrected chi connectivity index (χ0v) is 16.8. The Morgan fingerprint density at radius 2 is 1.93 bits per heavy atom. The molecule has 1 aromatic carbocycles. The summed E-state index contributed by atoms with van der Waals surface area (Å²) in [6.45, 7) is 7.55. The van der Waals surface area contributed by atoms with E-state index in [-0.39, 0.29) is 41.8 Å². The van der Waals surface area contributed by atoms with Gasteiger partial charge in [-0.15, -0.1) is 6.58 Å². The Morgan fingerprint density at radius 3 is 2.66 bits per heavy atom. The number of nitrogens with zero attached hydrogens (tertiary/aromatic N) is 1. The fourth-order valence-electron chi connectivity index (χ4n) is 3.96. The van der Waals surface area contributed by atoms with E-state index in [2.05, 4.69) is 25.7 Å². The van der Waals surface area contributed by atoms with Crippen LogP contribution < -0.4 is 5.32 Å². The minimum Gasteiger partial charge on any atom is -0.452 e. The third kappa shape index (κ3) is 4.23. The Morgan fingerprint density at radius 1 is 1.21 bits per heavy atom. The maximum Gasteiger partial charge on any atom is 0.338 e. The Balaban J connectivity index is 1.59. The molecule has 3 rings (SSSR count). The molecule has 2 aliphatic rings. The lowest BCUT2D eigenvalue weighted by atomic mass is 9.78. The summed E-state index contributed by atoms with van der Waals surface area (Å²) in [6.07, 6.45) is 4.62. The van der Waals surface area contributed by atoms with Gasteiger partial charge in [-0.2, -0.15) is 0 Å². The van der Waals surface area contributed by atoms with E-state index in [9.17, 15) is 19.2 Å². The standard InChI is InChI=1S/C22H26N2O5/c1-4-10-24-20(26)16-9-8-15(11-17(16)21(24)27)22(28)29-12-19(25)23-18-7-5-6-13(2)14(18)3/h4,8-9,11,13-14,18H,1,5-7,10,12H2,2-3H3,(H,23,25). The van der Waals surface area contributed by atoms with Gasteiger partial charge < -0.3 is 10.1 Å². The van der Waals surface area contributed by atoms with Crippen LogP contribution in [0.4, 0.5) is 0 Å². The summed E-state index contributed by atoms with van der Waals surface area (Å²) in [6, 6.07) is 4.28. The van der Waals surface area contributed by atoms with Crippen molar-refractivity contribution in [1.29, 1.82) is 0 Å². The van der Waals surface area contributed by atoms with Gasteiger partial charge in [-0.05, 0) is 36.5 Å². The fourth-order valence-corrected chi connectivity index (χ4v) is 3.96. The van der Waals surface area contributed by atoms with Crippen LogP contribution in [0.25, 0.3) is 0 Å². The van der Waals surface area contributed by atoms with Crippen LogP contribution in [-0.2, 0) is 9.53 Å². The third-order valence-electron chi connectivity index (χ3n) is 5.91. The Labute approximate surface area is 170 Å². The molecule has 154 valence electrons. The molecule has 1 aromatic rings. The predicted octanol–water partition coefficient (Wildman–Crippen LogP) is 2.57. The smallest absolute Gasteiger partial charge is 0.338 e. The highest BCUT2D eigenvalue weighted by Gasteiger charge is 2.35. The largest absolute Gasteiger partial charge is 0.452 e. The summed E-state index contributed by atoms with van der Waals surface area (Å²) < 4.78 is 5.11. The summed E-state index contributed by atoms with van der Waals surface area (Å²) in [7, 11) is 0. The number of imide groups is 1. The summed E-state index contributed by atoms with van der Waals surface area (Å²) in [5.74, 6) is -1.02. The number of benzene rings is 1. The molecular formula is C22H26N2O5. The third-order valence-corrected chi connectivity index (χ3v) is 5.91. The van der Waals surface area contributed by atoms with Crippen LogP contribution >= 0.6 is 0 Å². The maximum atomic E-state index is 12.4. The van der Waals surface area contributed by atoms with Crippen molar-refractivity contribution in [3.63, 3.8) is 0 Å². The van der Waals surface area contributed by atoms with Crippen molar-refractivity contribution in [2.45, 2.75) is 39.2 Å². The van der Waals surface area contributed by atoms with Crippen LogP contribution in [0.1, 0.15) is 64.2 Å². The molecule has 1 saturated carbocycles. The molecule has 0 aromatic heterocycles. The van der Waals surface area contributed by atoms with Crippen LogP contribution in [0.5, 0.6) is 0 Å². The predicted molar refractivity (Wildman–Crippen MR) is 106 cm³/mol. The SMILES string of the molecule is C=CCN1C(=O)c2ccc(C(=O)OCC(=O)NC3CCCC(C)C3C)cc2C1=O. The first-order valence-corrected chi connectivity index (χ1v) is 9.91. The quantitative estimate of drug-likeness (QED) is 0.452. The molecule has 1 aliphatic heterocycles. The van der Waals surface area contributed by atoms with Crippen molar-refractivity contribution in [3.05, 3.63) is 47.5 Å². The fraction of sp³-hybridized carbons (Fsp3) is 0.455. The highest BCUT2D eigenvalue weighted by atomic mass is 16.5. The first kappa shape index (κ1) is 20.8. The number of nitrogens with one attached hydrogen (secondary N) is 1. The van der Waals surface area contributed by atoms with Crippen LogP contribution in [0, 0.1) is 11.8 Å². The number of rotatable bonds is 6. The highest BCUT2D eigenvalue weighted by Crippen LogP contribution is 2.29. The van der Waals surface area contributed by atoms with Crippen molar-refractivity contribution >= 4 is 23.7 Å². The van der Waals surface area contributed by atoms with Crippen molar-refractivity contribution < 1.29 is 23.9 Å². The van der Waals surface area contributed by atoms with Gasteiger partial charge in [0.1, 0.15) is 0 Å². The average molecular weight is 398 g/mol. The van der Waals surface area contributed by atoms with E-state index in [1.165, 1.54) is 24.3 Å². The monoisotopic (exact) mass is 398 g/mol. The molecule has 0 saturated heterocycles. The van der Waals surface area contributed by atoms with Gasteiger partial charge in [-0.3, -0.25) is 19.3 Å². The molecule has 1 aliphatic carbocycles. The molecule has 3 unspecified atom stereocenters. The van der Waals surface area contributed by atoms with E-state index in [0.29, 0.717) is 11.8 Å². The van der Waals surface area contributed by atoms with Gasteiger partial charge in [0.05, 0.1) is 16.7 Å². The lowest BCUT2D eigenvalue weighted by molar-refractivity contribution is -0.125. The van der Waals surface area contributed by atoms with Gasteiger partial charge in [-0.25, -0.2) is 4.79 Å². The number of fused-ring (bicyclic) bond motifs is 1. The first-order valence-electron chi connectivity index (χ1n) is 9.91. The van der Waals surface area contributed by atoms with E-state index in [4.69, 9.17) is 4.74 Å². The number of carbonyl (C=O) groups is 4. The number of carbonyl (C=O) groups excluding carboxylic acids is 4. The maximum absolute atomic E-state index is 12.4. The molecule has 0 radical (unpaired) electrons. The molecule has 1 N–H and O–H groups in total. The van der Waals surface area contributed by atoms with Crippen molar-refractivity contribution in [1.82, 2.24) is 10.2 Å². The minimum atomic E-state index is -0.713. The zero-order valence-electron chi connectivity index (χ0n) is 16.8. The normalized spacial score (nSPS) is 23.5. The molecule has 0 spiro atoms. The van der Waals surface area contributed by atoms with E-state index >= 15 is 0 Å².